The van der Waals surface area contributed by atoms with Crippen LogP contribution in [0.5, 0.6) is 0 Å². The molecule has 0 saturated heterocycles. The normalized spacial score (nSPS) is 10.8. The predicted octanol–water partition coefficient (Wildman–Crippen LogP) is 1.86. The van der Waals surface area contributed by atoms with Crippen LogP contribution in [0.2, 0.25) is 0 Å². The Labute approximate surface area is 91.0 Å². The van der Waals surface area contributed by atoms with Crippen LogP contribution in [-0.4, -0.2) is 14.9 Å². The number of benzene rings is 1. The molecule has 0 radical (unpaired) electrons. The molecule has 0 aliphatic rings. The summed E-state index contributed by atoms with van der Waals surface area (Å²) in [5.41, 5.74) is 1.66. The van der Waals surface area contributed by atoms with Gasteiger partial charge in [0.2, 0.25) is 0 Å². The molecule has 2 rings (SSSR count). The highest BCUT2D eigenvalue weighted by Crippen LogP contribution is 2.24. The molecule has 0 bridgehead atoms. The van der Waals surface area contributed by atoms with Gasteiger partial charge in [-0.3, -0.25) is 4.68 Å². The van der Waals surface area contributed by atoms with Gasteiger partial charge in [-0.15, -0.1) is 0 Å². The van der Waals surface area contributed by atoms with E-state index in [0.29, 0.717) is 16.8 Å². The molecule has 0 spiro atoms. The van der Waals surface area contributed by atoms with Crippen molar-refractivity contribution in [1.82, 2.24) is 9.78 Å². The Kier molecular flexibility index (Phi) is 2.70. The van der Waals surface area contributed by atoms with E-state index in [1.54, 1.807) is 7.05 Å². The van der Waals surface area contributed by atoms with Crippen molar-refractivity contribution in [2.45, 2.75) is 6.61 Å². The van der Waals surface area contributed by atoms with E-state index in [-0.39, 0.29) is 6.61 Å². The molecule has 3 nitrogen and oxygen atoms in total. The zero-order valence-corrected chi connectivity index (χ0v) is 8.61. The number of aliphatic hydroxyl groups is 1. The van der Waals surface area contributed by atoms with Crippen LogP contribution in [0.25, 0.3) is 11.1 Å². The second kappa shape index (κ2) is 4.02. The number of aromatic nitrogens is 2. The Hall–Kier alpha value is -1.75. The van der Waals surface area contributed by atoms with E-state index >= 15 is 0 Å². The monoisotopic (exact) mass is 224 g/mol. The second-order valence-electron chi connectivity index (χ2n) is 3.42. The Morgan fingerprint density at radius 3 is 2.69 bits per heavy atom. The van der Waals surface area contributed by atoms with Crippen LogP contribution in [0.1, 0.15) is 5.69 Å². The SMILES string of the molecule is Cn1ncc(-c2ccc(F)c(F)c2)c1CO. The first-order valence-electron chi connectivity index (χ1n) is 4.70. The summed E-state index contributed by atoms with van der Waals surface area (Å²) in [5.74, 6) is -1.80. The van der Waals surface area contributed by atoms with E-state index in [9.17, 15) is 8.78 Å². The number of nitrogens with zero attached hydrogens (tertiary/aromatic N) is 2. The smallest absolute Gasteiger partial charge is 0.159 e. The third-order valence-corrected chi connectivity index (χ3v) is 2.44. The van der Waals surface area contributed by atoms with Crippen LogP contribution >= 0.6 is 0 Å². The van der Waals surface area contributed by atoms with Gasteiger partial charge in [-0.2, -0.15) is 5.10 Å². The van der Waals surface area contributed by atoms with Gasteiger partial charge in [0.25, 0.3) is 0 Å². The lowest BCUT2D eigenvalue weighted by Gasteiger charge is -2.03. The van der Waals surface area contributed by atoms with Gasteiger partial charge in [0.15, 0.2) is 11.6 Å². The van der Waals surface area contributed by atoms with E-state index in [0.717, 1.165) is 12.1 Å². The highest BCUT2D eigenvalue weighted by Gasteiger charge is 2.11. The number of aliphatic hydroxyl groups excluding tert-OH is 1. The van der Waals surface area contributed by atoms with Crippen LogP contribution in [0.3, 0.4) is 0 Å². The van der Waals surface area contributed by atoms with Gasteiger partial charge in [0.05, 0.1) is 18.5 Å². The lowest BCUT2D eigenvalue weighted by molar-refractivity contribution is 0.271. The fourth-order valence-corrected chi connectivity index (χ4v) is 1.56. The van der Waals surface area contributed by atoms with Crippen LogP contribution in [0, 0.1) is 11.6 Å². The first-order chi connectivity index (χ1) is 7.63. The first kappa shape index (κ1) is 10.8. The predicted molar refractivity (Wildman–Crippen MR) is 54.5 cm³/mol. The molecule has 1 N–H and O–H groups in total. The molecule has 84 valence electrons. The maximum absolute atomic E-state index is 13.0. The summed E-state index contributed by atoms with van der Waals surface area (Å²) in [6.45, 7) is -0.204. The molecule has 0 saturated carbocycles. The summed E-state index contributed by atoms with van der Waals surface area (Å²) in [5, 5.41) is 13.1. The number of hydrogen-bond acceptors (Lipinski definition) is 2. The molecule has 5 heteroatoms. The average Bonchev–Trinajstić information content (AvgIpc) is 2.63. The quantitative estimate of drug-likeness (QED) is 0.845. The summed E-state index contributed by atoms with van der Waals surface area (Å²) in [4.78, 5) is 0. The van der Waals surface area contributed by atoms with Crippen molar-refractivity contribution in [2.24, 2.45) is 7.05 Å². The largest absolute Gasteiger partial charge is 0.390 e. The Morgan fingerprint density at radius 1 is 1.31 bits per heavy atom. The van der Waals surface area contributed by atoms with Crippen LogP contribution in [0.4, 0.5) is 8.78 Å². The molecule has 16 heavy (non-hydrogen) atoms. The zero-order valence-electron chi connectivity index (χ0n) is 8.61. The summed E-state index contributed by atoms with van der Waals surface area (Å²) in [7, 11) is 1.68. The van der Waals surface area contributed by atoms with E-state index in [1.165, 1.54) is 16.9 Å². The van der Waals surface area contributed by atoms with Gasteiger partial charge >= 0.3 is 0 Å². The summed E-state index contributed by atoms with van der Waals surface area (Å²) in [6, 6.07) is 3.60. The lowest BCUT2D eigenvalue weighted by Crippen LogP contribution is -1.98. The second-order valence-corrected chi connectivity index (χ2v) is 3.42. The van der Waals surface area contributed by atoms with Gasteiger partial charge < -0.3 is 5.11 Å². The number of halogens is 2. The minimum Gasteiger partial charge on any atom is -0.390 e. The molecule has 0 amide bonds. The lowest BCUT2D eigenvalue weighted by atomic mass is 10.1. The molecule has 1 heterocycles. The molecule has 0 aliphatic heterocycles. The Balaban J connectivity index is 2.54. The number of aryl methyl sites for hydroxylation is 1. The minimum absolute atomic E-state index is 0.204. The fraction of sp³-hybridized carbons (Fsp3) is 0.182. The van der Waals surface area contributed by atoms with Crippen molar-refractivity contribution in [2.75, 3.05) is 0 Å². The maximum atomic E-state index is 13.0. The Morgan fingerprint density at radius 2 is 2.06 bits per heavy atom. The van der Waals surface area contributed by atoms with Crippen LogP contribution in [-0.2, 0) is 13.7 Å². The summed E-state index contributed by atoms with van der Waals surface area (Å²) >= 11 is 0. The highest BCUT2D eigenvalue weighted by molar-refractivity contribution is 5.65. The first-order valence-corrected chi connectivity index (χ1v) is 4.70. The molecule has 0 fully saturated rings. The molecule has 0 unspecified atom stereocenters. The van der Waals surface area contributed by atoms with Gasteiger partial charge in [-0.25, -0.2) is 8.78 Å². The topological polar surface area (TPSA) is 38.0 Å². The molecule has 0 aliphatic carbocycles. The third kappa shape index (κ3) is 1.69. The highest BCUT2D eigenvalue weighted by atomic mass is 19.2. The van der Waals surface area contributed by atoms with Crippen molar-refractivity contribution < 1.29 is 13.9 Å². The van der Waals surface area contributed by atoms with Crippen molar-refractivity contribution >= 4 is 0 Å². The van der Waals surface area contributed by atoms with E-state index in [4.69, 9.17) is 5.11 Å². The molecule has 2 aromatic rings. The fourth-order valence-electron chi connectivity index (χ4n) is 1.56. The minimum atomic E-state index is -0.912. The number of rotatable bonds is 2. The van der Waals surface area contributed by atoms with Crippen molar-refractivity contribution in [3.05, 3.63) is 41.7 Å². The molecule has 0 atom stereocenters. The zero-order chi connectivity index (χ0) is 11.7. The molecule has 1 aromatic heterocycles. The van der Waals surface area contributed by atoms with Crippen molar-refractivity contribution in [3.8, 4) is 11.1 Å². The van der Waals surface area contributed by atoms with E-state index in [2.05, 4.69) is 5.10 Å². The molecule has 1 aromatic carbocycles. The van der Waals surface area contributed by atoms with Crippen LogP contribution < -0.4 is 0 Å². The van der Waals surface area contributed by atoms with Gasteiger partial charge in [0, 0.05) is 12.6 Å². The maximum Gasteiger partial charge on any atom is 0.159 e. The van der Waals surface area contributed by atoms with Crippen molar-refractivity contribution in [3.63, 3.8) is 0 Å². The standard InChI is InChI=1S/C11H10F2N2O/c1-15-11(6-16)8(5-14-15)7-2-3-9(12)10(13)4-7/h2-5,16H,6H2,1H3. The van der Waals surface area contributed by atoms with E-state index < -0.39 is 11.6 Å². The van der Waals surface area contributed by atoms with E-state index in [1.807, 2.05) is 0 Å². The van der Waals surface area contributed by atoms with Gasteiger partial charge in [0.1, 0.15) is 0 Å². The summed E-state index contributed by atoms with van der Waals surface area (Å²) in [6.07, 6.45) is 1.51. The molecular formula is C11H10F2N2O. The third-order valence-electron chi connectivity index (χ3n) is 2.44. The Bertz CT molecular complexity index is 523. The van der Waals surface area contributed by atoms with Gasteiger partial charge in [-0.1, -0.05) is 6.07 Å². The number of hydrogen-bond donors (Lipinski definition) is 1. The summed E-state index contributed by atoms with van der Waals surface area (Å²) < 4.78 is 27.3. The van der Waals surface area contributed by atoms with Gasteiger partial charge in [-0.05, 0) is 17.7 Å². The van der Waals surface area contributed by atoms with Crippen LogP contribution in [0.15, 0.2) is 24.4 Å². The van der Waals surface area contributed by atoms with Crippen molar-refractivity contribution in [1.29, 1.82) is 0 Å². The molecular weight excluding hydrogens is 214 g/mol. The average molecular weight is 224 g/mol.